The Kier molecular flexibility index (Phi) is 4.00. The fraction of sp³-hybridized carbons (Fsp3) is 0.389. The van der Waals surface area contributed by atoms with E-state index in [1.807, 2.05) is 25.3 Å². The highest BCUT2D eigenvalue weighted by Crippen LogP contribution is 2.45. The summed E-state index contributed by atoms with van der Waals surface area (Å²) in [6.45, 7) is 3.25. The Morgan fingerprint density at radius 2 is 2.24 bits per heavy atom. The number of rotatable bonds is 6. The van der Waals surface area contributed by atoms with E-state index in [-0.39, 0.29) is 11.3 Å². The molecular weight excluding hydrogens is 338 g/mol. The molecule has 0 bridgehead atoms. The summed E-state index contributed by atoms with van der Waals surface area (Å²) in [6, 6.07) is 6.08. The van der Waals surface area contributed by atoms with Gasteiger partial charge in [-0.05, 0) is 43.0 Å². The van der Waals surface area contributed by atoms with Crippen molar-refractivity contribution in [3.05, 3.63) is 46.9 Å². The maximum Gasteiger partial charge on any atom is 0.226 e. The average molecular weight is 358 g/mol. The monoisotopic (exact) mass is 357 g/mol. The molecule has 1 amide bonds. The summed E-state index contributed by atoms with van der Waals surface area (Å²) >= 11 is 6.42. The van der Waals surface area contributed by atoms with Gasteiger partial charge in [-0.3, -0.25) is 9.48 Å². The second kappa shape index (κ2) is 6.19. The third kappa shape index (κ3) is 3.39. The van der Waals surface area contributed by atoms with Gasteiger partial charge in [0.25, 0.3) is 0 Å². The first kappa shape index (κ1) is 16.1. The fourth-order valence-electron chi connectivity index (χ4n) is 2.94. The number of carbonyl (C=O) groups is 1. The van der Waals surface area contributed by atoms with E-state index in [4.69, 9.17) is 11.6 Å². The maximum atomic E-state index is 12.1. The van der Waals surface area contributed by atoms with Crippen molar-refractivity contribution in [3.63, 3.8) is 0 Å². The topological polar surface area (TPSA) is 75.6 Å². The zero-order valence-electron chi connectivity index (χ0n) is 14.1. The van der Waals surface area contributed by atoms with Crippen LogP contribution in [0.3, 0.4) is 0 Å². The van der Waals surface area contributed by atoms with Crippen molar-refractivity contribution in [2.45, 2.75) is 39.3 Å². The number of carbonyl (C=O) groups excluding carboxylic acids is 1. The number of amides is 1. The van der Waals surface area contributed by atoms with Gasteiger partial charge in [0.05, 0.1) is 12.7 Å². The molecule has 25 heavy (non-hydrogen) atoms. The zero-order valence-corrected chi connectivity index (χ0v) is 14.8. The van der Waals surface area contributed by atoms with E-state index in [1.165, 1.54) is 0 Å². The predicted octanol–water partition coefficient (Wildman–Crippen LogP) is 3.07. The number of nitrogens with one attached hydrogen (secondary N) is 2. The van der Waals surface area contributed by atoms with Crippen LogP contribution in [-0.4, -0.2) is 25.9 Å². The first-order valence-corrected chi connectivity index (χ1v) is 8.84. The molecule has 1 fully saturated rings. The van der Waals surface area contributed by atoms with Gasteiger partial charge in [-0.2, -0.15) is 0 Å². The van der Waals surface area contributed by atoms with Crippen LogP contribution in [0.4, 0.5) is 0 Å². The van der Waals surface area contributed by atoms with Crippen LogP contribution < -0.4 is 5.32 Å². The van der Waals surface area contributed by atoms with Gasteiger partial charge in [0, 0.05) is 39.8 Å². The van der Waals surface area contributed by atoms with Gasteiger partial charge < -0.3 is 10.3 Å². The lowest BCUT2D eigenvalue weighted by Gasteiger charge is -2.08. The van der Waals surface area contributed by atoms with Crippen molar-refractivity contribution in [1.82, 2.24) is 25.3 Å². The molecule has 1 aliphatic carbocycles. The normalized spacial score (nSPS) is 15.4. The van der Waals surface area contributed by atoms with Crippen LogP contribution in [0.25, 0.3) is 10.9 Å². The Labute approximate surface area is 150 Å². The number of fused-ring (bicyclic) bond motifs is 1. The van der Waals surface area contributed by atoms with Crippen molar-refractivity contribution in [2.24, 2.45) is 5.41 Å². The van der Waals surface area contributed by atoms with Crippen LogP contribution >= 0.6 is 11.6 Å². The van der Waals surface area contributed by atoms with Gasteiger partial charge in [-0.1, -0.05) is 23.7 Å². The molecule has 7 heteroatoms. The van der Waals surface area contributed by atoms with Gasteiger partial charge >= 0.3 is 0 Å². The standard InChI is InChI=1S/C18H20ClN5O/c1-18(3-4-18)17(25)20-11-14-8-13-9-15(19)12(10-16(13)22-14)2-6-24-7-5-21-23-24/h5,7-10,22H,2-4,6,11H2,1H3,(H,20,25). The van der Waals surface area contributed by atoms with Crippen LogP contribution in [0.15, 0.2) is 30.6 Å². The lowest BCUT2D eigenvalue weighted by Crippen LogP contribution is -2.29. The number of nitrogens with zero attached hydrogens (tertiary/aromatic N) is 3. The molecular formula is C18H20ClN5O. The molecule has 1 aromatic carbocycles. The molecule has 0 saturated heterocycles. The van der Waals surface area contributed by atoms with Gasteiger partial charge in [0.2, 0.25) is 5.91 Å². The molecule has 0 unspecified atom stereocenters. The van der Waals surface area contributed by atoms with E-state index in [0.29, 0.717) is 6.54 Å². The Morgan fingerprint density at radius 1 is 1.40 bits per heavy atom. The molecule has 3 aromatic rings. The highest BCUT2D eigenvalue weighted by molar-refractivity contribution is 6.32. The summed E-state index contributed by atoms with van der Waals surface area (Å²) in [4.78, 5) is 15.4. The van der Waals surface area contributed by atoms with Gasteiger partial charge in [0.15, 0.2) is 0 Å². The summed E-state index contributed by atoms with van der Waals surface area (Å²) < 4.78 is 1.79. The van der Waals surface area contributed by atoms with E-state index in [0.717, 1.165) is 53.0 Å². The molecule has 2 N–H and O–H groups in total. The second-order valence-corrected chi connectivity index (χ2v) is 7.39. The number of hydrogen-bond donors (Lipinski definition) is 2. The number of H-pyrrole nitrogens is 1. The molecule has 2 heterocycles. The smallest absolute Gasteiger partial charge is 0.226 e. The van der Waals surface area contributed by atoms with Gasteiger partial charge in [-0.15, -0.1) is 5.10 Å². The van der Waals surface area contributed by atoms with Gasteiger partial charge in [-0.25, -0.2) is 0 Å². The van der Waals surface area contributed by atoms with E-state index >= 15 is 0 Å². The minimum absolute atomic E-state index is 0.137. The summed E-state index contributed by atoms with van der Waals surface area (Å²) in [6.07, 6.45) is 6.24. The van der Waals surface area contributed by atoms with Crippen LogP contribution in [0.1, 0.15) is 31.0 Å². The lowest BCUT2D eigenvalue weighted by atomic mass is 10.1. The third-order valence-corrected chi connectivity index (χ3v) is 5.27. The Hall–Kier alpha value is -2.34. The molecule has 0 aliphatic heterocycles. The molecule has 0 radical (unpaired) electrons. The van der Waals surface area contributed by atoms with Crippen molar-refractivity contribution in [3.8, 4) is 0 Å². The van der Waals surface area contributed by atoms with Gasteiger partial charge in [0.1, 0.15) is 0 Å². The molecule has 6 nitrogen and oxygen atoms in total. The Morgan fingerprint density at radius 3 is 2.96 bits per heavy atom. The number of aromatic nitrogens is 4. The molecule has 0 spiro atoms. The third-order valence-electron chi connectivity index (χ3n) is 4.91. The first-order valence-electron chi connectivity index (χ1n) is 8.46. The molecule has 1 saturated carbocycles. The molecule has 4 rings (SSSR count). The maximum absolute atomic E-state index is 12.1. The fourth-order valence-corrected chi connectivity index (χ4v) is 3.20. The Balaban J connectivity index is 1.47. The van der Waals surface area contributed by atoms with Crippen LogP contribution in [0.5, 0.6) is 0 Å². The van der Waals surface area contributed by atoms with E-state index < -0.39 is 0 Å². The molecule has 2 aromatic heterocycles. The zero-order chi connectivity index (χ0) is 17.4. The van der Waals surface area contributed by atoms with E-state index in [9.17, 15) is 4.79 Å². The molecule has 130 valence electrons. The summed E-state index contributed by atoms with van der Waals surface area (Å²) in [5.74, 6) is 0.137. The first-order chi connectivity index (χ1) is 12.0. The largest absolute Gasteiger partial charge is 0.357 e. The van der Waals surface area contributed by atoms with Crippen LogP contribution in [0.2, 0.25) is 5.02 Å². The van der Waals surface area contributed by atoms with Crippen LogP contribution in [0, 0.1) is 5.41 Å². The summed E-state index contributed by atoms with van der Waals surface area (Å²) in [7, 11) is 0. The summed E-state index contributed by atoms with van der Waals surface area (Å²) in [5, 5.41) is 12.6. The van der Waals surface area contributed by atoms with Crippen LogP contribution in [-0.2, 0) is 24.3 Å². The minimum atomic E-state index is -0.149. The Bertz CT molecular complexity index is 911. The van der Waals surface area contributed by atoms with E-state index in [2.05, 4.69) is 26.7 Å². The lowest BCUT2D eigenvalue weighted by molar-refractivity contribution is -0.125. The van der Waals surface area contributed by atoms with E-state index in [1.54, 1.807) is 10.9 Å². The quantitative estimate of drug-likeness (QED) is 0.711. The highest BCUT2D eigenvalue weighted by atomic mass is 35.5. The van der Waals surface area contributed by atoms with Crippen molar-refractivity contribution in [2.75, 3.05) is 0 Å². The number of hydrogen-bond acceptors (Lipinski definition) is 3. The summed E-state index contributed by atoms with van der Waals surface area (Å²) in [5.41, 5.74) is 2.92. The average Bonchev–Trinajstić information content (AvgIpc) is 3.01. The number of aryl methyl sites for hydroxylation is 2. The second-order valence-electron chi connectivity index (χ2n) is 6.98. The highest BCUT2D eigenvalue weighted by Gasteiger charge is 2.44. The van der Waals surface area contributed by atoms with Crippen molar-refractivity contribution < 1.29 is 4.79 Å². The number of benzene rings is 1. The number of halogens is 1. The van der Waals surface area contributed by atoms with Crippen molar-refractivity contribution >= 4 is 28.4 Å². The minimum Gasteiger partial charge on any atom is -0.357 e. The van der Waals surface area contributed by atoms with Crippen molar-refractivity contribution in [1.29, 1.82) is 0 Å². The number of aromatic amines is 1. The SMILES string of the molecule is CC1(C(=O)NCc2cc3cc(Cl)c(CCn4ccnn4)cc3[nH]2)CC1. The molecule has 1 aliphatic rings. The molecule has 0 atom stereocenters. The predicted molar refractivity (Wildman–Crippen MR) is 96.2 cm³/mol.